The summed E-state index contributed by atoms with van der Waals surface area (Å²) in [5, 5.41) is 3.86. The molecular weight excluding hydrogens is 478 g/mol. The monoisotopic (exact) mass is 511 g/mol. The first-order valence-corrected chi connectivity index (χ1v) is 12.7. The first-order valence-electron chi connectivity index (χ1n) is 12.7. The van der Waals surface area contributed by atoms with Gasteiger partial charge in [-0.2, -0.15) is 0 Å². The van der Waals surface area contributed by atoms with Crippen LogP contribution in [0.25, 0.3) is 10.9 Å². The number of aldehydes is 2. The number of carbonyl (C=O) groups is 3. The maximum absolute atomic E-state index is 13.0. The zero-order valence-corrected chi connectivity index (χ0v) is 21.8. The van der Waals surface area contributed by atoms with Crippen LogP contribution in [0.4, 0.5) is 0 Å². The second-order valence-electron chi connectivity index (χ2n) is 9.37. The molecule has 196 valence electrons. The summed E-state index contributed by atoms with van der Waals surface area (Å²) in [6.07, 6.45) is 3.90. The summed E-state index contributed by atoms with van der Waals surface area (Å²) in [5.74, 6) is 0.407. The predicted molar refractivity (Wildman–Crippen MR) is 148 cm³/mol. The minimum absolute atomic E-state index is 0.0646. The third-order valence-electron chi connectivity index (χ3n) is 6.71. The van der Waals surface area contributed by atoms with Crippen molar-refractivity contribution in [2.24, 2.45) is 0 Å². The lowest BCUT2D eigenvalue weighted by atomic mass is 10.1. The van der Waals surface area contributed by atoms with Crippen LogP contribution in [-0.4, -0.2) is 54.3 Å². The van der Waals surface area contributed by atoms with Gasteiger partial charge in [0.1, 0.15) is 12.3 Å². The summed E-state index contributed by atoms with van der Waals surface area (Å²) < 4.78 is 7.66. The van der Waals surface area contributed by atoms with Gasteiger partial charge in [0, 0.05) is 43.4 Å². The minimum atomic E-state index is -0.823. The molecule has 0 aliphatic heterocycles. The van der Waals surface area contributed by atoms with E-state index in [0.717, 1.165) is 30.8 Å². The lowest BCUT2D eigenvalue weighted by Gasteiger charge is -2.18. The number of benzene rings is 3. The topological polar surface area (TPSA) is 80.6 Å². The molecule has 0 bridgehead atoms. The van der Waals surface area contributed by atoms with Gasteiger partial charge < -0.3 is 14.2 Å². The van der Waals surface area contributed by atoms with Crippen LogP contribution in [0, 0.1) is 6.92 Å². The zero-order valence-electron chi connectivity index (χ0n) is 21.8. The molecule has 1 amide bonds. The number of rotatable bonds is 13. The molecule has 0 saturated heterocycles. The fraction of sp³-hybridized carbons (Fsp3) is 0.258. The number of hydrogen-bond acceptors (Lipinski definition) is 5. The molecule has 4 rings (SSSR count). The average Bonchev–Trinajstić information content (AvgIpc) is 3.29. The van der Waals surface area contributed by atoms with Gasteiger partial charge in [-0.3, -0.25) is 19.7 Å². The molecule has 7 heteroatoms. The van der Waals surface area contributed by atoms with E-state index in [2.05, 4.69) is 24.4 Å². The number of ether oxygens (including phenoxy) is 1. The molecular formula is C31H33N3O4. The van der Waals surface area contributed by atoms with Crippen molar-refractivity contribution in [1.29, 1.82) is 0 Å². The number of fused-ring (bicyclic) bond motifs is 1. The number of nitrogens with one attached hydrogen (secondary N) is 1. The highest BCUT2D eigenvalue weighted by atomic mass is 16.5. The number of hydrogen-bond donors (Lipinski definition) is 1. The smallest absolute Gasteiger partial charge is 0.242 e. The quantitative estimate of drug-likeness (QED) is 0.215. The predicted octanol–water partition coefficient (Wildman–Crippen LogP) is 4.20. The van der Waals surface area contributed by atoms with Crippen LogP contribution in [0.2, 0.25) is 0 Å². The van der Waals surface area contributed by atoms with E-state index in [9.17, 15) is 14.4 Å². The SMILES string of the molecule is Cc1ccccc1CCNC(C=O)Oc1ccc2c(C=O)cn(CC(=O)N(C)CCc3ccccc3)c2c1. The number of amides is 1. The van der Waals surface area contributed by atoms with Crippen LogP contribution in [0.15, 0.2) is 79.0 Å². The molecule has 0 saturated carbocycles. The Kier molecular flexibility index (Phi) is 9.06. The van der Waals surface area contributed by atoms with Gasteiger partial charge >= 0.3 is 0 Å². The largest absolute Gasteiger partial charge is 0.468 e. The van der Waals surface area contributed by atoms with Crippen molar-refractivity contribution in [1.82, 2.24) is 14.8 Å². The standard InChI is InChI=1S/C31H33N3O4/c1-23-8-6-7-11-25(23)14-16-32-30(22-36)38-27-12-13-28-26(21-35)19-34(29(28)18-27)20-31(37)33(2)17-15-24-9-4-3-5-10-24/h3-13,18-19,21-22,30,32H,14-17,20H2,1-2H3. The first kappa shape index (κ1) is 26.8. The zero-order chi connectivity index (χ0) is 26.9. The normalized spacial score (nSPS) is 11.7. The second-order valence-corrected chi connectivity index (χ2v) is 9.37. The van der Waals surface area contributed by atoms with E-state index >= 15 is 0 Å². The molecule has 0 aliphatic rings. The van der Waals surface area contributed by atoms with Crippen molar-refractivity contribution >= 4 is 29.4 Å². The lowest BCUT2D eigenvalue weighted by Crippen LogP contribution is -2.37. The summed E-state index contributed by atoms with van der Waals surface area (Å²) in [4.78, 5) is 38.0. The van der Waals surface area contributed by atoms with E-state index in [1.54, 1.807) is 40.9 Å². The lowest BCUT2D eigenvalue weighted by molar-refractivity contribution is -0.130. The Morgan fingerprint density at radius 2 is 1.79 bits per heavy atom. The molecule has 1 unspecified atom stereocenters. The number of nitrogens with zero attached hydrogens (tertiary/aromatic N) is 2. The molecule has 1 N–H and O–H groups in total. The first-order chi connectivity index (χ1) is 18.5. The maximum atomic E-state index is 13.0. The maximum Gasteiger partial charge on any atom is 0.242 e. The van der Waals surface area contributed by atoms with Crippen molar-refractivity contribution < 1.29 is 19.1 Å². The third kappa shape index (κ3) is 6.75. The summed E-state index contributed by atoms with van der Waals surface area (Å²) >= 11 is 0. The molecule has 1 atom stereocenters. The van der Waals surface area contributed by atoms with E-state index in [-0.39, 0.29) is 12.5 Å². The van der Waals surface area contributed by atoms with Gasteiger partial charge in [0.25, 0.3) is 0 Å². The molecule has 0 spiro atoms. The van der Waals surface area contributed by atoms with E-state index in [1.807, 2.05) is 42.5 Å². The van der Waals surface area contributed by atoms with Crippen LogP contribution < -0.4 is 10.1 Å². The summed E-state index contributed by atoms with van der Waals surface area (Å²) in [7, 11) is 1.78. The van der Waals surface area contributed by atoms with E-state index in [1.165, 1.54) is 16.7 Å². The van der Waals surface area contributed by atoms with Crippen LogP contribution in [0.5, 0.6) is 5.75 Å². The average molecular weight is 512 g/mol. The number of carbonyl (C=O) groups excluding carboxylic acids is 3. The van der Waals surface area contributed by atoms with Crippen LogP contribution in [-0.2, 0) is 29.0 Å². The van der Waals surface area contributed by atoms with Gasteiger partial charge in [0.15, 0.2) is 12.6 Å². The van der Waals surface area contributed by atoms with Crippen molar-refractivity contribution in [3.8, 4) is 5.75 Å². The Balaban J connectivity index is 1.42. The molecule has 7 nitrogen and oxygen atoms in total. The summed E-state index contributed by atoms with van der Waals surface area (Å²) in [6.45, 7) is 3.32. The van der Waals surface area contributed by atoms with Crippen LogP contribution in [0.3, 0.4) is 0 Å². The highest BCUT2D eigenvalue weighted by Crippen LogP contribution is 2.26. The van der Waals surface area contributed by atoms with E-state index in [0.29, 0.717) is 29.9 Å². The molecule has 4 aromatic rings. The Bertz CT molecular complexity index is 1400. The van der Waals surface area contributed by atoms with Gasteiger partial charge in [-0.05, 0) is 48.6 Å². The highest BCUT2D eigenvalue weighted by Gasteiger charge is 2.16. The second kappa shape index (κ2) is 12.8. The molecule has 0 radical (unpaired) electrons. The van der Waals surface area contributed by atoms with Gasteiger partial charge in [0.05, 0.1) is 5.52 Å². The summed E-state index contributed by atoms with van der Waals surface area (Å²) in [6, 6.07) is 23.4. The van der Waals surface area contributed by atoms with Crippen molar-refractivity contribution in [3.63, 3.8) is 0 Å². The Morgan fingerprint density at radius 1 is 1.03 bits per heavy atom. The fourth-order valence-corrected chi connectivity index (χ4v) is 4.43. The Morgan fingerprint density at radius 3 is 2.53 bits per heavy atom. The Hall–Kier alpha value is -4.23. The third-order valence-corrected chi connectivity index (χ3v) is 6.71. The molecule has 1 heterocycles. The van der Waals surface area contributed by atoms with Gasteiger partial charge in [0.2, 0.25) is 12.1 Å². The van der Waals surface area contributed by atoms with Gasteiger partial charge in [-0.15, -0.1) is 0 Å². The van der Waals surface area contributed by atoms with Crippen molar-refractivity contribution in [2.75, 3.05) is 20.1 Å². The highest BCUT2D eigenvalue weighted by molar-refractivity contribution is 5.98. The van der Waals surface area contributed by atoms with Gasteiger partial charge in [-0.25, -0.2) is 0 Å². The summed E-state index contributed by atoms with van der Waals surface area (Å²) in [5.41, 5.74) is 4.77. The Labute approximate surface area is 223 Å². The molecule has 0 aliphatic carbocycles. The number of aryl methyl sites for hydroxylation is 1. The van der Waals surface area contributed by atoms with Crippen LogP contribution >= 0.6 is 0 Å². The van der Waals surface area contributed by atoms with Crippen molar-refractivity contribution in [3.05, 3.63) is 101 Å². The van der Waals surface area contributed by atoms with Crippen LogP contribution in [0.1, 0.15) is 27.0 Å². The van der Waals surface area contributed by atoms with E-state index < -0.39 is 6.23 Å². The molecule has 38 heavy (non-hydrogen) atoms. The molecule has 1 aromatic heterocycles. The molecule has 3 aromatic carbocycles. The minimum Gasteiger partial charge on any atom is -0.468 e. The van der Waals surface area contributed by atoms with Gasteiger partial charge in [-0.1, -0.05) is 54.6 Å². The number of likely N-dealkylation sites (N-methyl/N-ethyl adjacent to an activating group) is 1. The van der Waals surface area contributed by atoms with Crippen molar-refractivity contribution in [2.45, 2.75) is 32.5 Å². The number of aromatic nitrogens is 1. The van der Waals surface area contributed by atoms with E-state index in [4.69, 9.17) is 4.74 Å². The fourth-order valence-electron chi connectivity index (χ4n) is 4.43. The molecule has 0 fully saturated rings.